The SMILES string of the molecule is CCNC(=NCC1CCCCN1C(=O)OC(C)(C)C)NCCCOCC1CCOCC1.I. The van der Waals surface area contributed by atoms with E-state index in [2.05, 4.69) is 17.6 Å². The lowest BCUT2D eigenvalue weighted by Gasteiger charge is -2.36. The smallest absolute Gasteiger partial charge is 0.410 e. The standard InChI is InChI=1S/C23H44N4O4.HI/c1-5-24-21(25-12-8-14-30-18-19-10-15-29-16-11-19)26-17-20-9-6-7-13-27(20)22(28)31-23(2,3)4;/h19-20H,5-18H2,1-4H3,(H2,24,25,26);1H. The first kappa shape index (κ1) is 29.2. The molecule has 2 fully saturated rings. The summed E-state index contributed by atoms with van der Waals surface area (Å²) in [6.07, 6.45) is 6.02. The molecule has 2 saturated heterocycles. The van der Waals surface area contributed by atoms with Gasteiger partial charge in [-0.2, -0.15) is 0 Å². The summed E-state index contributed by atoms with van der Waals surface area (Å²) in [6.45, 7) is 14.0. The highest BCUT2D eigenvalue weighted by molar-refractivity contribution is 14.0. The van der Waals surface area contributed by atoms with Gasteiger partial charge >= 0.3 is 6.09 Å². The summed E-state index contributed by atoms with van der Waals surface area (Å²) in [6, 6.07) is 0.0851. The van der Waals surface area contributed by atoms with Crippen LogP contribution < -0.4 is 10.6 Å². The van der Waals surface area contributed by atoms with Gasteiger partial charge in [0.1, 0.15) is 5.60 Å². The zero-order valence-electron chi connectivity index (χ0n) is 20.5. The quantitative estimate of drug-likeness (QED) is 0.191. The van der Waals surface area contributed by atoms with Crippen molar-refractivity contribution in [2.45, 2.75) is 77.9 Å². The summed E-state index contributed by atoms with van der Waals surface area (Å²) in [5.41, 5.74) is -0.480. The van der Waals surface area contributed by atoms with Gasteiger partial charge in [0.25, 0.3) is 0 Å². The number of nitrogens with zero attached hydrogens (tertiary/aromatic N) is 2. The van der Waals surface area contributed by atoms with Crippen molar-refractivity contribution in [3.63, 3.8) is 0 Å². The molecule has 2 N–H and O–H groups in total. The minimum Gasteiger partial charge on any atom is -0.444 e. The number of halogens is 1. The lowest BCUT2D eigenvalue weighted by Crippen LogP contribution is -2.48. The van der Waals surface area contributed by atoms with E-state index in [1.807, 2.05) is 25.7 Å². The molecule has 0 aromatic rings. The van der Waals surface area contributed by atoms with Crippen LogP contribution in [0, 0.1) is 5.92 Å². The van der Waals surface area contributed by atoms with Gasteiger partial charge in [0.15, 0.2) is 5.96 Å². The highest BCUT2D eigenvalue weighted by atomic mass is 127. The number of guanidine groups is 1. The highest BCUT2D eigenvalue weighted by Gasteiger charge is 2.30. The molecule has 0 aliphatic carbocycles. The largest absolute Gasteiger partial charge is 0.444 e. The summed E-state index contributed by atoms with van der Waals surface area (Å²) in [5, 5.41) is 6.68. The lowest BCUT2D eigenvalue weighted by atomic mass is 10.0. The van der Waals surface area contributed by atoms with Crippen molar-refractivity contribution in [3.8, 4) is 0 Å². The molecule has 1 amide bonds. The Labute approximate surface area is 211 Å². The van der Waals surface area contributed by atoms with Gasteiger partial charge in [-0.3, -0.25) is 4.99 Å². The molecule has 188 valence electrons. The zero-order valence-corrected chi connectivity index (χ0v) is 22.8. The zero-order chi connectivity index (χ0) is 22.5. The number of hydrogen-bond donors (Lipinski definition) is 2. The van der Waals surface area contributed by atoms with E-state index in [1.165, 1.54) is 0 Å². The Morgan fingerprint density at radius 2 is 1.91 bits per heavy atom. The van der Waals surface area contributed by atoms with E-state index in [9.17, 15) is 4.79 Å². The summed E-state index contributed by atoms with van der Waals surface area (Å²) >= 11 is 0. The predicted molar refractivity (Wildman–Crippen MR) is 139 cm³/mol. The average molecular weight is 569 g/mol. The van der Waals surface area contributed by atoms with Gasteiger partial charge in [0, 0.05) is 46.1 Å². The first-order chi connectivity index (χ1) is 14.9. The summed E-state index contributed by atoms with van der Waals surface area (Å²) < 4.78 is 16.8. The van der Waals surface area contributed by atoms with E-state index in [1.54, 1.807) is 0 Å². The average Bonchev–Trinajstić information content (AvgIpc) is 2.74. The molecule has 1 unspecified atom stereocenters. The van der Waals surface area contributed by atoms with Gasteiger partial charge in [-0.15, -0.1) is 24.0 Å². The first-order valence-corrected chi connectivity index (χ1v) is 12.1. The molecule has 1 atom stereocenters. The molecule has 2 aliphatic heterocycles. The Hall–Kier alpha value is -0.810. The predicted octanol–water partition coefficient (Wildman–Crippen LogP) is 3.78. The van der Waals surface area contributed by atoms with Gasteiger partial charge < -0.3 is 29.7 Å². The second-order valence-electron chi connectivity index (χ2n) is 9.45. The number of likely N-dealkylation sites (tertiary alicyclic amines) is 1. The third-order valence-corrected chi connectivity index (χ3v) is 5.51. The van der Waals surface area contributed by atoms with Crippen LogP contribution in [0.15, 0.2) is 4.99 Å². The molecule has 0 saturated carbocycles. The molecule has 0 radical (unpaired) electrons. The van der Waals surface area contributed by atoms with E-state index in [4.69, 9.17) is 19.2 Å². The fourth-order valence-electron chi connectivity index (χ4n) is 3.83. The molecule has 0 aromatic heterocycles. The first-order valence-electron chi connectivity index (χ1n) is 12.1. The lowest BCUT2D eigenvalue weighted by molar-refractivity contribution is 0.0109. The second-order valence-corrected chi connectivity index (χ2v) is 9.45. The van der Waals surface area contributed by atoms with E-state index >= 15 is 0 Å². The minimum absolute atomic E-state index is 0. The molecular formula is C23H45IN4O4. The van der Waals surface area contributed by atoms with E-state index in [0.717, 1.165) is 90.5 Å². The summed E-state index contributed by atoms with van der Waals surface area (Å²) in [4.78, 5) is 19.2. The van der Waals surface area contributed by atoms with Crippen molar-refractivity contribution >= 4 is 36.0 Å². The maximum Gasteiger partial charge on any atom is 0.410 e. The number of aliphatic imine (C=N–C) groups is 1. The van der Waals surface area contributed by atoms with E-state index in [-0.39, 0.29) is 36.1 Å². The Balaban J connectivity index is 0.00000512. The number of rotatable bonds is 9. The Morgan fingerprint density at radius 3 is 2.59 bits per heavy atom. The third-order valence-electron chi connectivity index (χ3n) is 5.51. The van der Waals surface area contributed by atoms with Crippen LogP contribution in [0.4, 0.5) is 4.79 Å². The molecule has 0 aromatic carbocycles. The minimum atomic E-state index is -0.480. The second kappa shape index (κ2) is 15.9. The molecule has 0 spiro atoms. The van der Waals surface area contributed by atoms with Crippen molar-refractivity contribution in [2.75, 3.05) is 52.6 Å². The number of piperidine rings is 1. The van der Waals surface area contributed by atoms with Crippen molar-refractivity contribution in [1.29, 1.82) is 0 Å². The van der Waals surface area contributed by atoms with Crippen LogP contribution >= 0.6 is 24.0 Å². The molecule has 8 nitrogen and oxygen atoms in total. The third kappa shape index (κ3) is 11.9. The van der Waals surface area contributed by atoms with E-state index in [0.29, 0.717) is 12.5 Å². The van der Waals surface area contributed by atoms with Gasteiger partial charge in [-0.1, -0.05) is 0 Å². The van der Waals surface area contributed by atoms with Gasteiger partial charge in [-0.25, -0.2) is 4.79 Å². The van der Waals surface area contributed by atoms with Crippen molar-refractivity contribution < 1.29 is 19.0 Å². The molecule has 32 heavy (non-hydrogen) atoms. The molecule has 2 heterocycles. The number of nitrogens with one attached hydrogen (secondary N) is 2. The molecule has 2 aliphatic rings. The topological polar surface area (TPSA) is 84.4 Å². The monoisotopic (exact) mass is 568 g/mol. The number of ether oxygens (including phenoxy) is 3. The van der Waals surface area contributed by atoms with Crippen LogP contribution in [0.1, 0.15) is 66.2 Å². The summed E-state index contributed by atoms with van der Waals surface area (Å²) in [7, 11) is 0. The van der Waals surface area contributed by atoms with Crippen LogP contribution in [0.5, 0.6) is 0 Å². The van der Waals surface area contributed by atoms with Crippen molar-refractivity contribution in [3.05, 3.63) is 0 Å². The Morgan fingerprint density at radius 1 is 1.16 bits per heavy atom. The number of carbonyl (C=O) groups is 1. The van der Waals surface area contributed by atoms with Gasteiger partial charge in [0.05, 0.1) is 12.6 Å². The van der Waals surface area contributed by atoms with Crippen molar-refractivity contribution in [2.24, 2.45) is 10.9 Å². The maximum atomic E-state index is 12.6. The number of carbonyl (C=O) groups excluding carboxylic acids is 1. The van der Waals surface area contributed by atoms with E-state index < -0.39 is 5.60 Å². The van der Waals surface area contributed by atoms with Crippen LogP contribution in [-0.4, -0.2) is 81.2 Å². The molecule has 2 rings (SSSR count). The fourth-order valence-corrected chi connectivity index (χ4v) is 3.83. The van der Waals surface area contributed by atoms with Crippen molar-refractivity contribution in [1.82, 2.24) is 15.5 Å². The molecule has 9 heteroatoms. The fraction of sp³-hybridized carbons (Fsp3) is 0.913. The number of amides is 1. The van der Waals surface area contributed by atoms with Crippen LogP contribution in [-0.2, 0) is 14.2 Å². The molecular weight excluding hydrogens is 523 g/mol. The van der Waals surface area contributed by atoms with Crippen LogP contribution in [0.25, 0.3) is 0 Å². The highest BCUT2D eigenvalue weighted by Crippen LogP contribution is 2.20. The molecule has 0 bridgehead atoms. The van der Waals surface area contributed by atoms with Gasteiger partial charge in [0.2, 0.25) is 0 Å². The normalized spacial score (nSPS) is 20.4. The van der Waals surface area contributed by atoms with Crippen LogP contribution in [0.2, 0.25) is 0 Å². The van der Waals surface area contributed by atoms with Gasteiger partial charge in [-0.05, 0) is 72.1 Å². The number of hydrogen-bond acceptors (Lipinski definition) is 5. The summed E-state index contributed by atoms with van der Waals surface area (Å²) in [5.74, 6) is 1.44. The Bertz CT molecular complexity index is 551. The maximum absolute atomic E-state index is 12.6. The Kier molecular flexibility index (Phi) is 14.5. The van der Waals surface area contributed by atoms with Crippen LogP contribution in [0.3, 0.4) is 0 Å².